The molecule has 7 nitrogen and oxygen atoms in total. The van der Waals surface area contributed by atoms with Crippen molar-refractivity contribution in [3.05, 3.63) is 28.5 Å². The van der Waals surface area contributed by atoms with Crippen molar-refractivity contribution in [2.75, 3.05) is 0 Å². The first-order valence-corrected chi connectivity index (χ1v) is 6.92. The van der Waals surface area contributed by atoms with Gasteiger partial charge in [0.15, 0.2) is 6.04 Å². The number of hydrogen-bond donors (Lipinski definition) is 3. The lowest BCUT2D eigenvalue weighted by Gasteiger charge is -2.24. The van der Waals surface area contributed by atoms with Gasteiger partial charge in [0.05, 0.1) is 0 Å². The van der Waals surface area contributed by atoms with Crippen LogP contribution in [0, 0.1) is 0 Å². The van der Waals surface area contributed by atoms with E-state index in [1.165, 1.54) is 12.3 Å². The van der Waals surface area contributed by atoms with Crippen molar-refractivity contribution in [2.45, 2.75) is 38.5 Å². The number of alkyl carbamates (subject to hydrolysis) is 1. The molecule has 0 unspecified atom stereocenters. The summed E-state index contributed by atoms with van der Waals surface area (Å²) in [6.07, 6.45) is -0.913. The molecule has 1 amide bonds. The van der Waals surface area contributed by atoms with Crippen LogP contribution in [0.1, 0.15) is 32.4 Å². The molecule has 21 heavy (non-hydrogen) atoms. The number of pyridine rings is 1. The largest absolute Gasteiger partial charge is 0.480 e. The van der Waals surface area contributed by atoms with Gasteiger partial charge < -0.3 is 20.3 Å². The standard InChI is InChI=1S/C13H17BrN2O5/c1-13(2,3)21-12(20)16-8(11(18)19)9(17)7-5-4-6-15-10(7)14/h4-6,8-9,17H,1-3H3,(H,16,20)(H,18,19)/t8-,9-/m1/s1. The summed E-state index contributed by atoms with van der Waals surface area (Å²) in [6, 6.07) is 1.50. The Bertz CT molecular complexity index is 530. The van der Waals surface area contributed by atoms with Crippen molar-refractivity contribution in [1.29, 1.82) is 0 Å². The highest BCUT2D eigenvalue weighted by Gasteiger charge is 2.32. The first-order chi connectivity index (χ1) is 9.61. The molecule has 1 heterocycles. The van der Waals surface area contributed by atoms with E-state index in [0.29, 0.717) is 4.60 Å². The van der Waals surface area contributed by atoms with Gasteiger partial charge in [-0.1, -0.05) is 6.07 Å². The van der Waals surface area contributed by atoms with Crippen LogP contribution in [-0.2, 0) is 9.53 Å². The zero-order valence-corrected chi connectivity index (χ0v) is 13.4. The highest BCUT2D eigenvalue weighted by Crippen LogP contribution is 2.24. The Morgan fingerprint density at radius 2 is 2.05 bits per heavy atom. The molecule has 0 aliphatic heterocycles. The minimum absolute atomic E-state index is 0.251. The monoisotopic (exact) mass is 360 g/mol. The number of rotatable bonds is 4. The number of aliphatic carboxylic acids is 1. The number of amides is 1. The predicted octanol–water partition coefficient (Wildman–Crippen LogP) is 1.86. The first kappa shape index (κ1) is 17.4. The fourth-order valence-corrected chi connectivity index (χ4v) is 1.99. The summed E-state index contributed by atoms with van der Waals surface area (Å²) in [6.45, 7) is 4.95. The molecule has 1 rings (SSSR count). The molecule has 0 radical (unpaired) electrons. The van der Waals surface area contributed by atoms with Gasteiger partial charge in [-0.2, -0.15) is 0 Å². The molecule has 0 aromatic carbocycles. The van der Waals surface area contributed by atoms with Crippen LogP contribution in [0.4, 0.5) is 4.79 Å². The lowest BCUT2D eigenvalue weighted by atomic mass is 10.0. The fourth-order valence-electron chi connectivity index (χ4n) is 1.51. The van der Waals surface area contributed by atoms with Gasteiger partial charge in [0.2, 0.25) is 0 Å². The fraction of sp³-hybridized carbons (Fsp3) is 0.462. The number of aromatic nitrogens is 1. The summed E-state index contributed by atoms with van der Waals surface area (Å²) in [7, 11) is 0. The van der Waals surface area contributed by atoms with Crippen LogP contribution in [-0.4, -0.2) is 38.9 Å². The second-order valence-corrected chi connectivity index (χ2v) is 6.04. The Kier molecular flexibility index (Phi) is 5.68. The van der Waals surface area contributed by atoms with Gasteiger partial charge in [0, 0.05) is 11.8 Å². The number of carboxylic acid groups (broad SMARTS) is 1. The average molecular weight is 361 g/mol. The van der Waals surface area contributed by atoms with Gasteiger partial charge in [-0.25, -0.2) is 14.6 Å². The van der Waals surface area contributed by atoms with Gasteiger partial charge in [-0.3, -0.25) is 0 Å². The molecule has 0 fully saturated rings. The molecule has 1 aromatic heterocycles. The van der Waals surface area contributed by atoms with E-state index < -0.39 is 29.8 Å². The molecule has 0 saturated carbocycles. The number of carbonyl (C=O) groups excluding carboxylic acids is 1. The third-order valence-electron chi connectivity index (χ3n) is 2.36. The van der Waals surface area contributed by atoms with Crippen LogP contribution < -0.4 is 5.32 Å². The quantitative estimate of drug-likeness (QED) is 0.707. The van der Waals surface area contributed by atoms with Crippen molar-refractivity contribution >= 4 is 28.0 Å². The lowest BCUT2D eigenvalue weighted by molar-refractivity contribution is -0.142. The van der Waals surface area contributed by atoms with E-state index in [4.69, 9.17) is 4.74 Å². The maximum Gasteiger partial charge on any atom is 0.408 e. The Balaban J connectivity index is 2.90. The topological polar surface area (TPSA) is 109 Å². The molecule has 0 aliphatic rings. The smallest absolute Gasteiger partial charge is 0.408 e. The molecule has 8 heteroatoms. The van der Waals surface area contributed by atoms with E-state index in [-0.39, 0.29) is 5.56 Å². The van der Waals surface area contributed by atoms with Gasteiger partial charge in [-0.05, 0) is 42.8 Å². The highest BCUT2D eigenvalue weighted by molar-refractivity contribution is 9.10. The minimum atomic E-state index is -1.56. The Morgan fingerprint density at radius 3 is 2.52 bits per heavy atom. The predicted molar refractivity (Wildman–Crippen MR) is 77.7 cm³/mol. The molecule has 116 valence electrons. The molecule has 0 spiro atoms. The summed E-state index contributed by atoms with van der Waals surface area (Å²) < 4.78 is 5.28. The number of aliphatic hydroxyl groups is 1. The third kappa shape index (κ3) is 5.31. The van der Waals surface area contributed by atoms with E-state index in [1.54, 1.807) is 26.8 Å². The van der Waals surface area contributed by atoms with Crippen LogP contribution >= 0.6 is 15.9 Å². The molecule has 3 N–H and O–H groups in total. The van der Waals surface area contributed by atoms with Gasteiger partial charge >= 0.3 is 12.1 Å². The zero-order chi connectivity index (χ0) is 16.2. The van der Waals surface area contributed by atoms with E-state index in [0.717, 1.165) is 0 Å². The summed E-state index contributed by atoms with van der Waals surface area (Å²) in [4.78, 5) is 26.8. The molecule has 0 aliphatic carbocycles. The zero-order valence-electron chi connectivity index (χ0n) is 11.8. The average Bonchev–Trinajstić information content (AvgIpc) is 2.33. The van der Waals surface area contributed by atoms with Gasteiger partial charge in [-0.15, -0.1) is 0 Å². The summed E-state index contributed by atoms with van der Waals surface area (Å²) in [5.41, 5.74) is -0.520. The van der Waals surface area contributed by atoms with E-state index >= 15 is 0 Å². The highest BCUT2D eigenvalue weighted by atomic mass is 79.9. The van der Waals surface area contributed by atoms with Crippen molar-refractivity contribution in [2.24, 2.45) is 0 Å². The molecule has 1 aromatic rings. The van der Waals surface area contributed by atoms with Crippen LogP contribution in [0.3, 0.4) is 0 Å². The van der Waals surface area contributed by atoms with Crippen molar-refractivity contribution < 1.29 is 24.5 Å². The van der Waals surface area contributed by atoms with Crippen LogP contribution in [0.25, 0.3) is 0 Å². The summed E-state index contributed by atoms with van der Waals surface area (Å²) in [5, 5.41) is 21.5. The number of nitrogens with one attached hydrogen (secondary N) is 1. The Hall–Kier alpha value is -1.67. The number of aliphatic hydroxyl groups excluding tert-OH is 1. The van der Waals surface area contributed by atoms with E-state index in [1.807, 2.05) is 0 Å². The van der Waals surface area contributed by atoms with Crippen LogP contribution in [0.15, 0.2) is 22.9 Å². The molecule has 0 bridgehead atoms. The lowest BCUT2D eigenvalue weighted by Crippen LogP contribution is -2.47. The molecule has 0 saturated heterocycles. The van der Waals surface area contributed by atoms with E-state index in [9.17, 15) is 19.8 Å². The van der Waals surface area contributed by atoms with Crippen LogP contribution in [0.5, 0.6) is 0 Å². The number of carbonyl (C=O) groups is 2. The minimum Gasteiger partial charge on any atom is -0.480 e. The van der Waals surface area contributed by atoms with Crippen molar-refractivity contribution in [3.63, 3.8) is 0 Å². The van der Waals surface area contributed by atoms with Gasteiger partial charge in [0.1, 0.15) is 16.3 Å². The van der Waals surface area contributed by atoms with E-state index in [2.05, 4.69) is 26.2 Å². The second kappa shape index (κ2) is 6.86. The van der Waals surface area contributed by atoms with Gasteiger partial charge in [0.25, 0.3) is 0 Å². The number of carboxylic acids is 1. The summed E-state index contributed by atoms with van der Waals surface area (Å²) >= 11 is 3.12. The number of ether oxygens (including phenoxy) is 1. The van der Waals surface area contributed by atoms with Crippen LogP contribution in [0.2, 0.25) is 0 Å². The number of hydrogen-bond acceptors (Lipinski definition) is 5. The third-order valence-corrected chi connectivity index (χ3v) is 3.02. The Morgan fingerprint density at radius 1 is 1.43 bits per heavy atom. The SMILES string of the molecule is CC(C)(C)OC(=O)N[C@@H](C(=O)O)[C@H](O)c1cccnc1Br. The number of halogens is 1. The van der Waals surface area contributed by atoms with Crippen molar-refractivity contribution in [1.82, 2.24) is 10.3 Å². The molecular formula is C13H17BrN2O5. The summed E-state index contributed by atoms with van der Waals surface area (Å²) in [5.74, 6) is -1.39. The molecular weight excluding hydrogens is 344 g/mol. The Labute approximate surface area is 130 Å². The maximum absolute atomic E-state index is 11.7. The van der Waals surface area contributed by atoms with Crippen molar-refractivity contribution in [3.8, 4) is 0 Å². The second-order valence-electron chi connectivity index (χ2n) is 5.29. The normalized spacial score (nSPS) is 14.1. The maximum atomic E-state index is 11.7. The number of nitrogens with zero attached hydrogens (tertiary/aromatic N) is 1. The molecule has 2 atom stereocenters. The first-order valence-electron chi connectivity index (χ1n) is 6.12.